The molecule has 3 N–H and O–H groups in total. The fraction of sp³-hybridized carbons (Fsp3) is 0.585. The van der Waals surface area contributed by atoms with Gasteiger partial charge < -0.3 is 20.3 Å². The van der Waals surface area contributed by atoms with E-state index in [-0.39, 0.29) is 24.9 Å². The van der Waals surface area contributed by atoms with Crippen LogP contribution in [0.1, 0.15) is 175 Å². The monoisotopic (exact) mass is 816 g/mol. The summed E-state index contributed by atoms with van der Waals surface area (Å²) in [4.78, 5) is 26.0. The molecule has 0 radical (unpaired) electrons. The van der Waals surface area contributed by atoms with Gasteiger partial charge in [0.25, 0.3) is 0 Å². The Hall–Kier alpha value is -3.74. The van der Waals surface area contributed by atoms with Gasteiger partial charge in [0.2, 0.25) is 5.91 Å². The highest BCUT2D eigenvalue weighted by Crippen LogP contribution is 2.16. The van der Waals surface area contributed by atoms with Gasteiger partial charge in [-0.2, -0.15) is 0 Å². The van der Waals surface area contributed by atoms with Crippen LogP contribution < -0.4 is 5.32 Å². The zero-order chi connectivity index (χ0) is 43.1. The molecule has 0 aliphatic heterocycles. The van der Waals surface area contributed by atoms with E-state index in [4.69, 9.17) is 4.74 Å². The lowest BCUT2D eigenvalue weighted by atomic mass is 10.0. The van der Waals surface area contributed by atoms with Gasteiger partial charge in [-0.15, -0.1) is 0 Å². The largest absolute Gasteiger partial charge is 0.462 e. The number of ether oxygens (including phenoxy) is 1. The first-order valence-corrected chi connectivity index (χ1v) is 23.4. The molecule has 0 aromatic carbocycles. The fourth-order valence-electron chi connectivity index (χ4n) is 6.30. The molecule has 0 saturated carbocycles. The summed E-state index contributed by atoms with van der Waals surface area (Å²) in [6.45, 7) is 6.13. The molecule has 0 fully saturated rings. The topological polar surface area (TPSA) is 95.9 Å². The SMILES string of the molecule is CC\C=C/C=C/C=C/C=C\C=C\C=C\CCCC(CC(=O)NC(CO)C(O)CCCCCCCCCCCCCC)OC(=O)CCCCC\C=C/C=C\C=C\C=C\CC. The van der Waals surface area contributed by atoms with Gasteiger partial charge in [-0.25, -0.2) is 0 Å². The molecule has 3 atom stereocenters. The normalized spacial score (nSPS) is 14.5. The highest BCUT2D eigenvalue weighted by molar-refractivity contribution is 5.77. The molecule has 0 rings (SSSR count). The zero-order valence-electron chi connectivity index (χ0n) is 37.6. The molecule has 0 heterocycles. The van der Waals surface area contributed by atoms with Crippen molar-refractivity contribution in [3.63, 3.8) is 0 Å². The van der Waals surface area contributed by atoms with Crippen molar-refractivity contribution >= 4 is 11.9 Å². The Balaban J connectivity index is 4.86. The summed E-state index contributed by atoms with van der Waals surface area (Å²) in [6.07, 6.45) is 62.5. The Bertz CT molecular complexity index is 1280. The second-order valence-electron chi connectivity index (χ2n) is 15.3. The summed E-state index contributed by atoms with van der Waals surface area (Å²) in [6, 6.07) is -0.741. The van der Waals surface area contributed by atoms with E-state index in [9.17, 15) is 19.8 Å². The van der Waals surface area contributed by atoms with Gasteiger partial charge in [0.15, 0.2) is 0 Å². The molecule has 0 bridgehead atoms. The Kier molecular flexibility index (Phi) is 42.5. The Morgan fingerprint density at radius 1 is 0.508 bits per heavy atom. The van der Waals surface area contributed by atoms with E-state index in [2.05, 4.69) is 50.4 Å². The predicted octanol–water partition coefficient (Wildman–Crippen LogP) is 13.7. The molecule has 332 valence electrons. The van der Waals surface area contributed by atoms with Gasteiger partial charge in [0, 0.05) is 6.42 Å². The van der Waals surface area contributed by atoms with Crippen LogP contribution in [-0.4, -0.2) is 46.9 Å². The second kappa shape index (κ2) is 45.3. The molecule has 0 aliphatic rings. The number of hydrogen-bond donors (Lipinski definition) is 3. The van der Waals surface area contributed by atoms with Crippen LogP contribution in [0.2, 0.25) is 0 Å². The first-order valence-electron chi connectivity index (χ1n) is 23.4. The third-order valence-electron chi connectivity index (χ3n) is 9.79. The maximum Gasteiger partial charge on any atom is 0.306 e. The molecule has 0 aromatic heterocycles. The molecular formula is C53H85NO5. The number of aliphatic hydroxyl groups is 2. The number of aliphatic hydroxyl groups excluding tert-OH is 2. The lowest BCUT2D eigenvalue weighted by Gasteiger charge is -2.24. The van der Waals surface area contributed by atoms with Gasteiger partial charge in [-0.3, -0.25) is 9.59 Å². The standard InChI is InChI=1S/C53H85NO5/c1-4-7-10-13-16-19-22-25-26-28-29-32-35-38-41-44-49(59-53(58)46-43-40-37-34-31-27-23-20-17-14-11-8-5-2)47-52(57)54-50(48-55)51(56)45-42-39-36-33-30-24-21-18-15-12-9-6-3/h7-8,10-11,13-14,16-17,19-20,22-23,25-29,31-32,35,49-51,55-56H,4-6,9,12,15,18,21,24,30,33-34,36-48H2,1-3H3,(H,54,57)/b10-7-,11-8+,16-13+,17-14+,22-19+,23-20-,26-25-,29-28+,31-27-,35-32+. The van der Waals surface area contributed by atoms with Crippen LogP contribution >= 0.6 is 0 Å². The van der Waals surface area contributed by atoms with E-state index in [1.165, 1.54) is 57.8 Å². The first kappa shape index (κ1) is 55.3. The van der Waals surface area contributed by atoms with E-state index < -0.39 is 18.2 Å². The van der Waals surface area contributed by atoms with Crippen molar-refractivity contribution in [3.05, 3.63) is 122 Å². The Morgan fingerprint density at radius 2 is 0.932 bits per heavy atom. The quantitative estimate of drug-likeness (QED) is 0.0326. The molecule has 59 heavy (non-hydrogen) atoms. The molecular weight excluding hydrogens is 731 g/mol. The molecule has 6 nitrogen and oxygen atoms in total. The maximum absolute atomic E-state index is 13.1. The summed E-state index contributed by atoms with van der Waals surface area (Å²) in [5.74, 6) is -0.611. The van der Waals surface area contributed by atoms with Crippen LogP contribution in [0.3, 0.4) is 0 Å². The predicted molar refractivity (Wildman–Crippen MR) is 254 cm³/mol. The number of allylic oxidation sites excluding steroid dienone is 20. The lowest BCUT2D eigenvalue weighted by molar-refractivity contribution is -0.151. The number of unbranched alkanes of at least 4 members (excludes halogenated alkanes) is 15. The van der Waals surface area contributed by atoms with Gasteiger partial charge >= 0.3 is 5.97 Å². The Labute approximate surface area is 361 Å². The van der Waals surface area contributed by atoms with Gasteiger partial charge in [-0.05, 0) is 57.8 Å². The van der Waals surface area contributed by atoms with Crippen molar-refractivity contribution in [2.45, 2.75) is 193 Å². The minimum atomic E-state index is -0.822. The summed E-state index contributed by atoms with van der Waals surface area (Å²) in [7, 11) is 0. The highest BCUT2D eigenvalue weighted by atomic mass is 16.5. The van der Waals surface area contributed by atoms with Crippen molar-refractivity contribution in [2.75, 3.05) is 6.61 Å². The molecule has 6 heteroatoms. The van der Waals surface area contributed by atoms with Gasteiger partial charge in [-0.1, -0.05) is 226 Å². The summed E-state index contributed by atoms with van der Waals surface area (Å²) < 4.78 is 5.85. The number of nitrogens with one attached hydrogen (secondary N) is 1. The van der Waals surface area contributed by atoms with Crippen LogP contribution in [0.25, 0.3) is 0 Å². The minimum Gasteiger partial charge on any atom is -0.462 e. The molecule has 0 saturated heterocycles. The first-order chi connectivity index (χ1) is 29.0. The van der Waals surface area contributed by atoms with E-state index in [0.29, 0.717) is 19.3 Å². The van der Waals surface area contributed by atoms with Crippen molar-refractivity contribution in [1.82, 2.24) is 5.32 Å². The third-order valence-corrected chi connectivity index (χ3v) is 9.79. The number of rotatable bonds is 39. The van der Waals surface area contributed by atoms with Crippen LogP contribution in [0, 0.1) is 0 Å². The molecule has 0 aromatic rings. The minimum absolute atomic E-state index is 0.00195. The Morgan fingerprint density at radius 3 is 1.41 bits per heavy atom. The number of carbonyl (C=O) groups is 2. The van der Waals surface area contributed by atoms with Crippen LogP contribution in [0.15, 0.2) is 122 Å². The van der Waals surface area contributed by atoms with E-state index in [0.717, 1.165) is 70.6 Å². The van der Waals surface area contributed by atoms with Crippen molar-refractivity contribution < 1.29 is 24.5 Å². The molecule has 1 amide bonds. The zero-order valence-corrected chi connectivity index (χ0v) is 37.6. The average Bonchev–Trinajstić information content (AvgIpc) is 3.23. The number of esters is 1. The molecule has 0 spiro atoms. The van der Waals surface area contributed by atoms with E-state index in [1.54, 1.807) is 0 Å². The summed E-state index contributed by atoms with van der Waals surface area (Å²) >= 11 is 0. The average molecular weight is 816 g/mol. The number of hydrogen-bond acceptors (Lipinski definition) is 5. The van der Waals surface area contributed by atoms with Crippen molar-refractivity contribution in [2.24, 2.45) is 0 Å². The highest BCUT2D eigenvalue weighted by Gasteiger charge is 2.24. The maximum atomic E-state index is 13.1. The summed E-state index contributed by atoms with van der Waals surface area (Å²) in [5, 5.41) is 23.6. The van der Waals surface area contributed by atoms with Crippen molar-refractivity contribution in [1.29, 1.82) is 0 Å². The molecule has 0 aliphatic carbocycles. The smallest absolute Gasteiger partial charge is 0.306 e. The van der Waals surface area contributed by atoms with Crippen LogP contribution in [-0.2, 0) is 14.3 Å². The van der Waals surface area contributed by atoms with E-state index in [1.807, 2.05) is 97.2 Å². The third kappa shape index (κ3) is 40.8. The van der Waals surface area contributed by atoms with E-state index >= 15 is 0 Å². The summed E-state index contributed by atoms with van der Waals surface area (Å²) in [5.41, 5.74) is 0. The van der Waals surface area contributed by atoms with Gasteiger partial charge in [0.05, 0.1) is 25.2 Å². The lowest BCUT2D eigenvalue weighted by Crippen LogP contribution is -2.46. The van der Waals surface area contributed by atoms with Crippen molar-refractivity contribution in [3.8, 4) is 0 Å². The van der Waals surface area contributed by atoms with Crippen LogP contribution in [0.4, 0.5) is 0 Å². The fourth-order valence-corrected chi connectivity index (χ4v) is 6.30. The van der Waals surface area contributed by atoms with Gasteiger partial charge in [0.1, 0.15) is 6.10 Å². The molecule has 3 unspecified atom stereocenters. The second-order valence-corrected chi connectivity index (χ2v) is 15.3. The number of amides is 1. The number of carbonyl (C=O) groups excluding carboxylic acids is 2. The van der Waals surface area contributed by atoms with Crippen LogP contribution in [0.5, 0.6) is 0 Å².